The molecule has 1 N–H and O–H groups in total. The van der Waals surface area contributed by atoms with Gasteiger partial charge in [-0.3, -0.25) is 4.90 Å². The van der Waals surface area contributed by atoms with Gasteiger partial charge in [0.05, 0.1) is 12.3 Å². The Balaban J connectivity index is 1.73. The fourth-order valence-corrected chi connectivity index (χ4v) is 4.11. The first-order valence-electron chi connectivity index (χ1n) is 10.4. The molecule has 1 aliphatic rings. The van der Waals surface area contributed by atoms with E-state index in [-0.39, 0.29) is 12.4 Å². The van der Waals surface area contributed by atoms with Crippen LogP contribution in [0.4, 0.5) is 11.4 Å². The number of amidine groups is 1. The van der Waals surface area contributed by atoms with Crippen molar-refractivity contribution in [3.05, 3.63) is 95.6 Å². The Kier molecular flexibility index (Phi) is 5.29. The van der Waals surface area contributed by atoms with E-state index in [2.05, 4.69) is 11.1 Å². The fourth-order valence-electron chi connectivity index (χ4n) is 3.99. The molecule has 0 spiro atoms. The predicted octanol–water partition coefficient (Wildman–Crippen LogP) is 5.72. The number of carbonyl (C=O) groups is 1. The van der Waals surface area contributed by atoms with Gasteiger partial charge in [-0.25, -0.2) is 9.80 Å². The molecule has 0 saturated heterocycles. The molecular weight excluding hydrogens is 424 g/mol. The molecule has 0 saturated carbocycles. The molecule has 0 radical (unpaired) electrons. The van der Waals surface area contributed by atoms with Crippen LogP contribution in [0.2, 0.25) is 5.02 Å². The van der Waals surface area contributed by atoms with Crippen molar-refractivity contribution in [1.29, 1.82) is 0 Å². The summed E-state index contributed by atoms with van der Waals surface area (Å²) in [6.45, 7) is 2.04. The number of H-pyrrole nitrogens is 1. The zero-order valence-electron chi connectivity index (χ0n) is 17.4. The van der Waals surface area contributed by atoms with E-state index < -0.39 is 12.1 Å². The van der Waals surface area contributed by atoms with E-state index >= 15 is 0 Å². The number of nitrogens with zero attached hydrogens (tertiary/aromatic N) is 3. The number of halogens is 1. The number of ether oxygens (including phenoxy) is 1. The molecular formula is C25H21ClN4O2. The van der Waals surface area contributed by atoms with Gasteiger partial charge in [-0.15, -0.1) is 5.10 Å². The van der Waals surface area contributed by atoms with Crippen LogP contribution in [-0.4, -0.2) is 23.4 Å². The highest BCUT2D eigenvalue weighted by molar-refractivity contribution is 6.42. The normalized spacial score (nSPS) is 15.8. The van der Waals surface area contributed by atoms with E-state index in [0.717, 1.165) is 27.8 Å². The minimum Gasteiger partial charge on any atom is -0.460 e. The summed E-state index contributed by atoms with van der Waals surface area (Å²) < 4.78 is 5.37. The Morgan fingerprint density at radius 2 is 1.72 bits per heavy atom. The maximum absolute atomic E-state index is 13.0. The number of carbonyl (C=O) groups excluding carboxylic acids is 1. The summed E-state index contributed by atoms with van der Waals surface area (Å²) in [5, 5.41) is 8.28. The Morgan fingerprint density at radius 3 is 2.47 bits per heavy atom. The molecule has 3 aromatic carbocycles. The van der Waals surface area contributed by atoms with E-state index in [0.29, 0.717) is 5.02 Å². The first-order valence-corrected chi connectivity index (χ1v) is 10.8. The van der Waals surface area contributed by atoms with Crippen molar-refractivity contribution >= 4 is 45.7 Å². The molecule has 1 atom stereocenters. The Labute approximate surface area is 190 Å². The van der Waals surface area contributed by atoms with Crippen LogP contribution in [-0.2, 0) is 9.53 Å². The zero-order chi connectivity index (χ0) is 22.1. The lowest BCUT2D eigenvalue weighted by molar-refractivity contribution is -0.135. The van der Waals surface area contributed by atoms with Crippen LogP contribution in [0.5, 0.6) is 0 Å². The summed E-state index contributed by atoms with van der Waals surface area (Å²) in [5.74, 6) is -0.265. The third-order valence-electron chi connectivity index (χ3n) is 5.39. The molecule has 32 heavy (non-hydrogen) atoms. The minimum absolute atomic E-state index is 0.216. The molecule has 160 valence electrons. The number of hydrogen-bond donors (Lipinski definition) is 1. The number of anilines is 2. The summed E-state index contributed by atoms with van der Waals surface area (Å²) in [5.41, 5.74) is 3.65. The smallest absolute Gasteiger partial charge is 0.376 e. The van der Waals surface area contributed by atoms with Crippen molar-refractivity contribution in [2.24, 2.45) is 5.10 Å². The molecule has 5 rings (SSSR count). The lowest BCUT2D eigenvalue weighted by Crippen LogP contribution is -2.39. The molecule has 0 fully saturated rings. The highest BCUT2D eigenvalue weighted by Crippen LogP contribution is 2.41. The standard InChI is InChI=1S/C25H21ClN4O2/c1-2-32-25(31)23-28-30(19-8-4-3-5-9-19)24(29(23)18-14-12-17(26)13-15-18)21-16-27-22-11-7-6-10-20(21)22/h3-16,24,27H,2H2,1H3/t24-/m0/s1. The molecule has 1 aliphatic heterocycles. The van der Waals surface area contributed by atoms with Gasteiger partial charge < -0.3 is 9.72 Å². The average Bonchev–Trinajstić information content (AvgIpc) is 3.42. The van der Waals surface area contributed by atoms with Gasteiger partial charge in [-0.1, -0.05) is 48.0 Å². The number of rotatable bonds is 5. The van der Waals surface area contributed by atoms with Crippen LogP contribution in [0, 0.1) is 0 Å². The second-order valence-electron chi connectivity index (χ2n) is 7.33. The van der Waals surface area contributed by atoms with E-state index in [1.54, 1.807) is 19.1 Å². The number of para-hydroxylation sites is 2. The fraction of sp³-hybridized carbons (Fsp3) is 0.120. The van der Waals surface area contributed by atoms with Crippen molar-refractivity contribution in [3.8, 4) is 0 Å². The Hall–Kier alpha value is -3.77. The highest BCUT2D eigenvalue weighted by atomic mass is 35.5. The number of benzene rings is 3. The molecule has 0 aliphatic carbocycles. The molecule has 7 heteroatoms. The SMILES string of the molecule is CCOC(=O)C1=NN(c2ccccc2)[C@@H](c2c[nH]c3ccccc23)N1c1ccc(Cl)cc1. The second kappa shape index (κ2) is 8.40. The maximum atomic E-state index is 13.0. The Morgan fingerprint density at radius 1 is 1.00 bits per heavy atom. The number of hydrogen-bond acceptors (Lipinski definition) is 5. The van der Waals surface area contributed by atoms with Gasteiger partial charge in [0.1, 0.15) is 0 Å². The first kappa shape index (κ1) is 20.2. The number of aromatic amines is 1. The van der Waals surface area contributed by atoms with Gasteiger partial charge in [-0.05, 0) is 49.4 Å². The maximum Gasteiger partial charge on any atom is 0.376 e. The van der Waals surface area contributed by atoms with Crippen LogP contribution >= 0.6 is 11.6 Å². The third kappa shape index (κ3) is 3.48. The molecule has 0 unspecified atom stereocenters. The third-order valence-corrected chi connectivity index (χ3v) is 5.64. The average molecular weight is 445 g/mol. The molecule has 2 heterocycles. The summed E-state index contributed by atoms with van der Waals surface area (Å²) in [6.07, 6.45) is 1.56. The molecule has 4 aromatic rings. The van der Waals surface area contributed by atoms with Crippen LogP contribution in [0.15, 0.2) is 90.2 Å². The van der Waals surface area contributed by atoms with Crippen LogP contribution < -0.4 is 9.91 Å². The van der Waals surface area contributed by atoms with E-state index in [1.807, 2.05) is 76.8 Å². The van der Waals surface area contributed by atoms with E-state index in [1.165, 1.54) is 0 Å². The van der Waals surface area contributed by atoms with Crippen molar-refractivity contribution in [2.75, 3.05) is 16.5 Å². The summed E-state index contributed by atoms with van der Waals surface area (Å²) in [6, 6.07) is 25.2. The van der Waals surface area contributed by atoms with Crippen LogP contribution in [0.25, 0.3) is 10.9 Å². The monoisotopic (exact) mass is 444 g/mol. The first-order chi connectivity index (χ1) is 15.7. The predicted molar refractivity (Wildman–Crippen MR) is 128 cm³/mol. The second-order valence-corrected chi connectivity index (χ2v) is 7.77. The largest absolute Gasteiger partial charge is 0.460 e. The van der Waals surface area contributed by atoms with Gasteiger partial charge in [0.25, 0.3) is 0 Å². The van der Waals surface area contributed by atoms with Crippen LogP contribution in [0.3, 0.4) is 0 Å². The number of hydrazone groups is 1. The van der Waals surface area contributed by atoms with Gasteiger partial charge >= 0.3 is 5.97 Å². The lowest BCUT2D eigenvalue weighted by Gasteiger charge is -2.31. The number of fused-ring (bicyclic) bond motifs is 1. The van der Waals surface area contributed by atoms with Crippen molar-refractivity contribution in [3.63, 3.8) is 0 Å². The summed E-state index contributed by atoms with van der Waals surface area (Å²) in [7, 11) is 0. The van der Waals surface area contributed by atoms with E-state index in [4.69, 9.17) is 21.4 Å². The molecule has 0 amide bonds. The zero-order valence-corrected chi connectivity index (χ0v) is 18.2. The number of aromatic nitrogens is 1. The van der Waals surface area contributed by atoms with E-state index in [9.17, 15) is 4.79 Å². The quantitative estimate of drug-likeness (QED) is 0.400. The highest BCUT2D eigenvalue weighted by Gasteiger charge is 2.42. The molecule has 0 bridgehead atoms. The van der Waals surface area contributed by atoms with Gasteiger partial charge in [0.2, 0.25) is 5.84 Å². The van der Waals surface area contributed by atoms with Crippen molar-refractivity contribution in [1.82, 2.24) is 4.98 Å². The topological polar surface area (TPSA) is 60.9 Å². The Bertz CT molecular complexity index is 1280. The molecule has 1 aromatic heterocycles. The number of nitrogens with one attached hydrogen (secondary N) is 1. The van der Waals surface area contributed by atoms with Gasteiger partial charge in [0.15, 0.2) is 6.17 Å². The van der Waals surface area contributed by atoms with Crippen LogP contribution in [0.1, 0.15) is 18.7 Å². The van der Waals surface area contributed by atoms with Gasteiger partial charge in [0, 0.05) is 33.4 Å². The van der Waals surface area contributed by atoms with Gasteiger partial charge in [-0.2, -0.15) is 0 Å². The summed E-state index contributed by atoms with van der Waals surface area (Å²) in [4.78, 5) is 18.2. The summed E-state index contributed by atoms with van der Waals surface area (Å²) >= 11 is 6.15. The van der Waals surface area contributed by atoms with Crippen molar-refractivity contribution in [2.45, 2.75) is 13.1 Å². The molecule has 6 nitrogen and oxygen atoms in total. The number of esters is 1. The lowest BCUT2D eigenvalue weighted by atomic mass is 10.1. The minimum atomic E-state index is -0.481. The van der Waals surface area contributed by atoms with Crippen molar-refractivity contribution < 1.29 is 9.53 Å².